The van der Waals surface area contributed by atoms with E-state index < -0.39 is 5.92 Å². The zero-order chi connectivity index (χ0) is 22.4. The summed E-state index contributed by atoms with van der Waals surface area (Å²) in [6, 6.07) is 16.5. The van der Waals surface area contributed by atoms with E-state index in [1.807, 2.05) is 25.1 Å². The number of hydrogen-bond donors (Lipinski definition) is 1. The number of nitrogens with zero attached hydrogens (tertiary/aromatic N) is 2. The van der Waals surface area contributed by atoms with Gasteiger partial charge in [-0.25, -0.2) is 0 Å². The van der Waals surface area contributed by atoms with E-state index in [1.165, 1.54) is 0 Å². The Morgan fingerprint density at radius 2 is 1.88 bits per heavy atom. The van der Waals surface area contributed by atoms with Crippen LogP contribution in [0.1, 0.15) is 28.3 Å². The van der Waals surface area contributed by atoms with E-state index in [4.69, 9.17) is 31.5 Å². The van der Waals surface area contributed by atoms with Gasteiger partial charge in [-0.3, -0.25) is 4.79 Å². The molecule has 7 nitrogen and oxygen atoms in total. The fourth-order valence-electron chi connectivity index (χ4n) is 4.09. The second-order valence-electron chi connectivity index (χ2n) is 7.62. The Morgan fingerprint density at radius 1 is 1.12 bits per heavy atom. The molecule has 0 radical (unpaired) electrons. The van der Waals surface area contributed by atoms with Crippen LogP contribution < -0.4 is 25.5 Å². The smallest absolute Gasteiger partial charge is 0.259 e. The lowest BCUT2D eigenvalue weighted by atomic mass is 9.84. The molecule has 0 fully saturated rings. The summed E-state index contributed by atoms with van der Waals surface area (Å²) in [6.07, 6.45) is 0. The maximum atomic E-state index is 13.7. The number of nitrogens with two attached hydrogens (primary N) is 1. The van der Waals surface area contributed by atoms with Crippen LogP contribution in [0.3, 0.4) is 0 Å². The molecule has 5 rings (SSSR count). The largest absolute Gasteiger partial charge is 0.454 e. The number of fused-ring (bicyclic) bond motifs is 2. The zero-order valence-electron chi connectivity index (χ0n) is 17.1. The summed E-state index contributed by atoms with van der Waals surface area (Å²) < 4.78 is 18.2. The zero-order valence-corrected chi connectivity index (χ0v) is 17.8. The van der Waals surface area contributed by atoms with E-state index in [-0.39, 0.29) is 23.8 Å². The van der Waals surface area contributed by atoms with Gasteiger partial charge in [0.15, 0.2) is 11.5 Å². The van der Waals surface area contributed by atoms with Crippen LogP contribution in [-0.2, 0) is 6.54 Å². The molecule has 1 atom stereocenters. The molecule has 0 amide bonds. The van der Waals surface area contributed by atoms with Crippen molar-refractivity contribution in [1.29, 1.82) is 5.26 Å². The van der Waals surface area contributed by atoms with E-state index in [0.29, 0.717) is 40.1 Å². The van der Waals surface area contributed by atoms with E-state index >= 15 is 0 Å². The first kappa shape index (κ1) is 20.0. The molecule has 2 aliphatic rings. The van der Waals surface area contributed by atoms with Crippen LogP contribution in [0.4, 0.5) is 0 Å². The van der Waals surface area contributed by atoms with Gasteiger partial charge in [0.2, 0.25) is 12.7 Å². The highest BCUT2D eigenvalue weighted by molar-refractivity contribution is 6.30. The summed E-state index contributed by atoms with van der Waals surface area (Å²) in [6.45, 7) is 2.33. The van der Waals surface area contributed by atoms with E-state index in [0.717, 1.165) is 11.1 Å². The van der Waals surface area contributed by atoms with Gasteiger partial charge in [0.25, 0.3) is 5.56 Å². The third-order valence-electron chi connectivity index (χ3n) is 5.67. The Hall–Kier alpha value is -3.89. The van der Waals surface area contributed by atoms with E-state index in [9.17, 15) is 10.1 Å². The molecule has 0 unspecified atom stereocenters. The first-order valence-electron chi connectivity index (χ1n) is 9.92. The highest BCUT2D eigenvalue weighted by atomic mass is 35.5. The minimum Gasteiger partial charge on any atom is -0.454 e. The molecule has 8 heteroatoms. The number of nitriles is 1. The molecule has 2 aromatic carbocycles. The molecule has 2 N–H and O–H groups in total. The summed E-state index contributed by atoms with van der Waals surface area (Å²) in [5.41, 5.74) is 8.67. The van der Waals surface area contributed by atoms with Gasteiger partial charge in [0.05, 0.1) is 18.0 Å². The predicted octanol–water partition coefficient (Wildman–Crippen LogP) is 3.81. The highest BCUT2D eigenvalue weighted by Gasteiger charge is 2.34. The predicted molar refractivity (Wildman–Crippen MR) is 118 cm³/mol. The summed E-state index contributed by atoms with van der Waals surface area (Å²) in [5.74, 6) is 1.02. The maximum Gasteiger partial charge on any atom is 0.259 e. The van der Waals surface area contributed by atoms with Gasteiger partial charge in [-0.05, 0) is 42.3 Å². The van der Waals surface area contributed by atoms with E-state index in [2.05, 4.69) is 6.07 Å². The SMILES string of the molecule is Cc1cc2c(c(=O)n1Cc1ccc3c(c1)OCO3)[C@@H](c1ccc(Cl)cc1)C(C#N)=C(N)O2. The Kier molecular flexibility index (Phi) is 4.80. The van der Waals surface area contributed by atoms with Gasteiger partial charge in [-0.1, -0.05) is 29.8 Å². The number of rotatable bonds is 3. The van der Waals surface area contributed by atoms with Crippen molar-refractivity contribution in [3.63, 3.8) is 0 Å². The average molecular weight is 448 g/mol. The number of allylic oxidation sites excluding steroid dienone is 1. The summed E-state index contributed by atoms with van der Waals surface area (Å²) in [5, 5.41) is 10.3. The molecule has 0 spiro atoms. The van der Waals surface area contributed by atoms with Gasteiger partial charge in [0, 0.05) is 16.8 Å². The van der Waals surface area contributed by atoms with Crippen molar-refractivity contribution in [2.24, 2.45) is 5.73 Å². The lowest BCUT2D eigenvalue weighted by Crippen LogP contribution is -2.33. The molecule has 0 bridgehead atoms. The first-order valence-corrected chi connectivity index (χ1v) is 10.3. The van der Waals surface area contributed by atoms with Crippen molar-refractivity contribution in [2.75, 3.05) is 6.79 Å². The van der Waals surface area contributed by atoms with E-state index in [1.54, 1.807) is 34.9 Å². The molecule has 2 aliphatic heterocycles. The molecule has 1 aromatic heterocycles. The molecule has 0 saturated carbocycles. The number of pyridine rings is 1. The fourth-order valence-corrected chi connectivity index (χ4v) is 4.22. The van der Waals surface area contributed by atoms with Crippen LogP contribution in [0.15, 0.2) is 64.8 Å². The molecule has 32 heavy (non-hydrogen) atoms. The standard InChI is InChI=1S/C24H18ClN3O4/c1-13-8-20-22(21(17(10-26)23(27)32-20)15-3-5-16(25)6-4-15)24(29)28(13)11-14-2-7-18-19(9-14)31-12-30-18/h2-9,21H,11-12,27H2,1H3/t21-/m0/s1. The van der Waals surface area contributed by atoms with Gasteiger partial charge < -0.3 is 24.5 Å². The quantitative estimate of drug-likeness (QED) is 0.655. The van der Waals surface area contributed by atoms with Crippen molar-refractivity contribution in [1.82, 2.24) is 4.57 Å². The first-order chi connectivity index (χ1) is 15.5. The topological polar surface area (TPSA) is 99.5 Å². The molecule has 3 heterocycles. The van der Waals surface area contributed by atoms with Gasteiger partial charge in [-0.15, -0.1) is 0 Å². The monoisotopic (exact) mass is 447 g/mol. The lowest BCUT2D eigenvalue weighted by Gasteiger charge is -2.27. The number of ether oxygens (including phenoxy) is 3. The number of benzene rings is 2. The van der Waals surface area contributed by atoms with Crippen LogP contribution in [0.25, 0.3) is 0 Å². The fraction of sp³-hybridized carbons (Fsp3) is 0.167. The van der Waals surface area contributed by atoms with Crippen LogP contribution >= 0.6 is 11.6 Å². The Morgan fingerprint density at radius 3 is 2.62 bits per heavy atom. The average Bonchev–Trinajstić information content (AvgIpc) is 3.24. The summed E-state index contributed by atoms with van der Waals surface area (Å²) in [4.78, 5) is 13.7. The minimum absolute atomic E-state index is 0.00716. The second kappa shape index (κ2) is 7.66. The van der Waals surface area contributed by atoms with Crippen LogP contribution in [0, 0.1) is 18.3 Å². The van der Waals surface area contributed by atoms with Crippen molar-refractivity contribution in [3.05, 3.63) is 97.7 Å². The van der Waals surface area contributed by atoms with Crippen LogP contribution in [0.5, 0.6) is 17.2 Å². The van der Waals surface area contributed by atoms with Gasteiger partial charge >= 0.3 is 0 Å². The van der Waals surface area contributed by atoms with Crippen molar-refractivity contribution >= 4 is 11.6 Å². The molecule has 3 aromatic rings. The molecular weight excluding hydrogens is 430 g/mol. The summed E-state index contributed by atoms with van der Waals surface area (Å²) in [7, 11) is 0. The normalized spacial score (nSPS) is 16.3. The Balaban J connectivity index is 1.65. The Bertz CT molecular complexity index is 1370. The van der Waals surface area contributed by atoms with Crippen LogP contribution in [-0.4, -0.2) is 11.4 Å². The second-order valence-corrected chi connectivity index (χ2v) is 8.06. The minimum atomic E-state index is -0.655. The van der Waals surface area contributed by atoms with Crippen molar-refractivity contribution in [2.45, 2.75) is 19.4 Å². The third kappa shape index (κ3) is 3.26. The maximum absolute atomic E-state index is 13.7. The Labute approximate surface area is 188 Å². The van der Waals surface area contributed by atoms with Gasteiger partial charge in [-0.2, -0.15) is 5.26 Å². The van der Waals surface area contributed by atoms with Gasteiger partial charge in [0.1, 0.15) is 17.4 Å². The third-order valence-corrected chi connectivity index (χ3v) is 5.92. The van der Waals surface area contributed by atoms with Crippen molar-refractivity contribution < 1.29 is 14.2 Å². The lowest BCUT2D eigenvalue weighted by molar-refractivity contribution is 0.174. The molecule has 160 valence electrons. The van der Waals surface area contributed by atoms with Crippen LogP contribution in [0.2, 0.25) is 5.02 Å². The number of halogens is 1. The number of aryl methyl sites for hydroxylation is 1. The highest BCUT2D eigenvalue weighted by Crippen LogP contribution is 2.41. The van der Waals surface area contributed by atoms with Crippen molar-refractivity contribution in [3.8, 4) is 23.3 Å². The molecule has 0 aliphatic carbocycles. The molecular formula is C24H18ClN3O4. The molecule has 0 saturated heterocycles. The number of hydrogen-bond acceptors (Lipinski definition) is 6. The summed E-state index contributed by atoms with van der Waals surface area (Å²) >= 11 is 6.05. The number of aromatic nitrogens is 1.